The maximum Gasteiger partial charge on any atom is 0.240 e. The number of nitrogens with zero attached hydrogens (tertiary/aromatic N) is 3. The lowest BCUT2D eigenvalue weighted by Gasteiger charge is -2.28. The van der Waals surface area contributed by atoms with Gasteiger partial charge in [0.05, 0.1) is 13.2 Å². The van der Waals surface area contributed by atoms with Crippen LogP contribution < -0.4 is 5.32 Å². The molecule has 0 amide bonds. The van der Waals surface area contributed by atoms with E-state index in [-0.39, 0.29) is 12.1 Å². The van der Waals surface area contributed by atoms with Crippen molar-refractivity contribution >= 4 is 0 Å². The van der Waals surface area contributed by atoms with Gasteiger partial charge in [-0.2, -0.15) is 4.98 Å². The molecule has 0 radical (unpaired) electrons. The van der Waals surface area contributed by atoms with Crippen LogP contribution in [0.25, 0.3) is 11.4 Å². The van der Waals surface area contributed by atoms with Crippen molar-refractivity contribution in [2.24, 2.45) is 0 Å². The predicted octanol–water partition coefficient (Wildman–Crippen LogP) is 1.01. The van der Waals surface area contributed by atoms with Crippen LogP contribution in [-0.4, -0.2) is 46.1 Å². The molecule has 21 heavy (non-hydrogen) atoms. The molecule has 1 unspecified atom stereocenters. The van der Waals surface area contributed by atoms with Gasteiger partial charge in [0.2, 0.25) is 11.7 Å². The Morgan fingerprint density at radius 3 is 3.00 bits per heavy atom. The van der Waals surface area contributed by atoms with Crippen LogP contribution in [0.15, 0.2) is 29.0 Å². The van der Waals surface area contributed by atoms with Gasteiger partial charge in [0, 0.05) is 37.2 Å². The molecular formula is C14H20N4O3. The highest BCUT2D eigenvalue weighted by atomic mass is 16.5. The molecule has 0 aliphatic carbocycles. The van der Waals surface area contributed by atoms with Crippen LogP contribution >= 0.6 is 0 Å². The SMILES string of the molecule is COCC(C)(CCO)NCc1nc(-c2cccnc2)no1. The molecule has 0 aromatic carbocycles. The Morgan fingerprint density at radius 2 is 2.33 bits per heavy atom. The average Bonchev–Trinajstić information content (AvgIpc) is 2.96. The lowest BCUT2D eigenvalue weighted by atomic mass is 9.99. The summed E-state index contributed by atoms with van der Waals surface area (Å²) in [6, 6.07) is 3.69. The zero-order valence-electron chi connectivity index (χ0n) is 12.2. The molecule has 0 aliphatic heterocycles. The largest absolute Gasteiger partial charge is 0.396 e. The molecule has 0 spiro atoms. The number of pyridine rings is 1. The number of aromatic nitrogens is 3. The Balaban J connectivity index is 1.99. The third-order valence-corrected chi connectivity index (χ3v) is 3.18. The maximum absolute atomic E-state index is 9.12. The number of hydrogen-bond acceptors (Lipinski definition) is 7. The zero-order chi connectivity index (χ0) is 15.1. The van der Waals surface area contributed by atoms with Crippen molar-refractivity contribution in [3.05, 3.63) is 30.4 Å². The second-order valence-corrected chi connectivity index (χ2v) is 5.07. The van der Waals surface area contributed by atoms with Crippen LogP contribution in [0.1, 0.15) is 19.2 Å². The fourth-order valence-electron chi connectivity index (χ4n) is 2.00. The molecule has 2 aromatic rings. The summed E-state index contributed by atoms with van der Waals surface area (Å²) < 4.78 is 10.4. The van der Waals surface area contributed by atoms with Crippen molar-refractivity contribution in [3.8, 4) is 11.4 Å². The average molecular weight is 292 g/mol. The van der Waals surface area contributed by atoms with Crippen molar-refractivity contribution in [2.45, 2.75) is 25.4 Å². The first-order valence-electron chi connectivity index (χ1n) is 6.75. The van der Waals surface area contributed by atoms with Gasteiger partial charge in [-0.05, 0) is 25.5 Å². The molecule has 0 saturated carbocycles. The first kappa shape index (κ1) is 15.6. The van der Waals surface area contributed by atoms with E-state index >= 15 is 0 Å². The van der Waals surface area contributed by atoms with Gasteiger partial charge in [0.15, 0.2) is 0 Å². The molecule has 7 nitrogen and oxygen atoms in total. The van der Waals surface area contributed by atoms with Crippen LogP contribution in [-0.2, 0) is 11.3 Å². The van der Waals surface area contributed by atoms with Gasteiger partial charge in [-0.15, -0.1) is 0 Å². The number of hydrogen-bond donors (Lipinski definition) is 2. The summed E-state index contributed by atoms with van der Waals surface area (Å²) in [6.07, 6.45) is 3.95. The molecule has 2 aromatic heterocycles. The molecule has 2 heterocycles. The van der Waals surface area contributed by atoms with E-state index in [2.05, 4.69) is 20.4 Å². The van der Waals surface area contributed by atoms with E-state index in [0.717, 1.165) is 5.56 Å². The van der Waals surface area contributed by atoms with E-state index in [1.807, 2.05) is 19.1 Å². The Hall–Kier alpha value is -1.83. The van der Waals surface area contributed by atoms with E-state index in [1.165, 1.54) is 0 Å². The highest BCUT2D eigenvalue weighted by Gasteiger charge is 2.24. The van der Waals surface area contributed by atoms with Gasteiger partial charge in [0.1, 0.15) is 0 Å². The number of rotatable bonds is 8. The first-order valence-corrected chi connectivity index (χ1v) is 6.75. The van der Waals surface area contributed by atoms with Gasteiger partial charge >= 0.3 is 0 Å². The summed E-state index contributed by atoms with van der Waals surface area (Å²) >= 11 is 0. The number of methoxy groups -OCH3 is 1. The van der Waals surface area contributed by atoms with Gasteiger partial charge in [-0.1, -0.05) is 5.16 Å². The minimum absolute atomic E-state index is 0.0810. The summed E-state index contributed by atoms with van der Waals surface area (Å²) in [5, 5.41) is 16.3. The smallest absolute Gasteiger partial charge is 0.240 e. The van der Waals surface area contributed by atoms with Crippen LogP contribution in [0.3, 0.4) is 0 Å². The third-order valence-electron chi connectivity index (χ3n) is 3.18. The number of ether oxygens (including phenoxy) is 1. The number of aliphatic hydroxyl groups is 1. The summed E-state index contributed by atoms with van der Waals surface area (Å²) in [5.74, 6) is 0.990. The zero-order valence-corrected chi connectivity index (χ0v) is 12.2. The van der Waals surface area contributed by atoms with E-state index in [0.29, 0.717) is 31.3 Å². The highest BCUT2D eigenvalue weighted by molar-refractivity contribution is 5.51. The Bertz CT molecular complexity index is 538. The van der Waals surface area contributed by atoms with Crippen LogP contribution in [0.5, 0.6) is 0 Å². The quantitative estimate of drug-likeness (QED) is 0.750. The fraction of sp³-hybridized carbons (Fsp3) is 0.500. The number of aliphatic hydroxyl groups excluding tert-OH is 1. The fourth-order valence-corrected chi connectivity index (χ4v) is 2.00. The standard InChI is InChI=1S/C14H20N4O3/c1-14(5-7-19,10-20-2)16-9-12-17-13(18-21-12)11-4-3-6-15-8-11/h3-4,6,8,16,19H,5,7,9-10H2,1-2H3. The minimum Gasteiger partial charge on any atom is -0.396 e. The van der Waals surface area contributed by atoms with E-state index < -0.39 is 0 Å². The van der Waals surface area contributed by atoms with E-state index in [1.54, 1.807) is 19.5 Å². The summed E-state index contributed by atoms with van der Waals surface area (Å²) in [4.78, 5) is 8.34. The normalized spacial score (nSPS) is 14.0. The van der Waals surface area contributed by atoms with Crippen molar-refractivity contribution in [1.29, 1.82) is 0 Å². The van der Waals surface area contributed by atoms with Gasteiger partial charge in [0.25, 0.3) is 0 Å². The molecule has 2 rings (SSSR count). The molecule has 0 fully saturated rings. The second-order valence-electron chi connectivity index (χ2n) is 5.07. The van der Waals surface area contributed by atoms with Crippen molar-refractivity contribution in [3.63, 3.8) is 0 Å². The predicted molar refractivity (Wildman–Crippen MR) is 76.4 cm³/mol. The van der Waals surface area contributed by atoms with Crippen LogP contribution in [0.2, 0.25) is 0 Å². The van der Waals surface area contributed by atoms with Crippen molar-refractivity contribution in [2.75, 3.05) is 20.3 Å². The molecule has 1 atom stereocenters. The van der Waals surface area contributed by atoms with E-state index in [4.69, 9.17) is 14.4 Å². The lowest BCUT2D eigenvalue weighted by Crippen LogP contribution is -2.46. The molecule has 0 aliphatic rings. The van der Waals surface area contributed by atoms with Crippen LogP contribution in [0.4, 0.5) is 0 Å². The summed E-state index contributed by atoms with van der Waals surface area (Å²) in [5.41, 5.74) is 0.467. The molecule has 0 saturated heterocycles. The first-order chi connectivity index (χ1) is 10.2. The lowest BCUT2D eigenvalue weighted by molar-refractivity contribution is 0.0948. The Morgan fingerprint density at radius 1 is 1.48 bits per heavy atom. The monoisotopic (exact) mass is 292 g/mol. The molecule has 2 N–H and O–H groups in total. The Kier molecular flexibility index (Phi) is 5.38. The Labute approximate surface area is 123 Å². The van der Waals surface area contributed by atoms with Crippen molar-refractivity contribution < 1.29 is 14.4 Å². The summed E-state index contributed by atoms with van der Waals surface area (Å²) in [7, 11) is 1.63. The van der Waals surface area contributed by atoms with E-state index in [9.17, 15) is 0 Å². The van der Waals surface area contributed by atoms with Gasteiger partial charge in [-0.25, -0.2) is 0 Å². The maximum atomic E-state index is 9.12. The van der Waals surface area contributed by atoms with Crippen molar-refractivity contribution in [1.82, 2.24) is 20.4 Å². The molecule has 0 bridgehead atoms. The highest BCUT2D eigenvalue weighted by Crippen LogP contribution is 2.15. The van der Waals surface area contributed by atoms with Gasteiger partial charge in [-0.3, -0.25) is 4.98 Å². The molecular weight excluding hydrogens is 272 g/mol. The molecule has 114 valence electrons. The summed E-state index contributed by atoms with van der Waals surface area (Å²) in [6.45, 7) is 2.95. The second kappa shape index (κ2) is 7.26. The van der Waals surface area contributed by atoms with Gasteiger partial charge < -0.3 is 19.7 Å². The topological polar surface area (TPSA) is 93.3 Å². The molecule has 7 heteroatoms. The minimum atomic E-state index is -0.341. The third kappa shape index (κ3) is 4.32. The number of nitrogens with one attached hydrogen (secondary N) is 1. The van der Waals surface area contributed by atoms with Crippen LogP contribution in [0, 0.1) is 0 Å².